The van der Waals surface area contributed by atoms with Crippen LogP contribution in [0.3, 0.4) is 0 Å². The number of aromatic nitrogens is 2. The summed E-state index contributed by atoms with van der Waals surface area (Å²) < 4.78 is 41.1. The van der Waals surface area contributed by atoms with Crippen molar-refractivity contribution in [1.82, 2.24) is 20.2 Å². The van der Waals surface area contributed by atoms with E-state index in [9.17, 15) is 22.8 Å². The minimum atomic E-state index is -4.46. The fourth-order valence-corrected chi connectivity index (χ4v) is 3.44. The van der Waals surface area contributed by atoms with Crippen LogP contribution in [0.4, 0.5) is 24.5 Å². The number of benzene rings is 2. The highest BCUT2D eigenvalue weighted by Gasteiger charge is 2.51. The maximum Gasteiger partial charge on any atom is 0.418 e. The molecule has 4 rings (SSSR count). The number of carbonyl (C=O) groups excluding carboxylic acids is 2. The van der Waals surface area contributed by atoms with E-state index in [1.807, 2.05) is 0 Å². The molecule has 10 heteroatoms. The van der Waals surface area contributed by atoms with Crippen molar-refractivity contribution in [1.29, 1.82) is 0 Å². The zero-order valence-corrected chi connectivity index (χ0v) is 17.7. The van der Waals surface area contributed by atoms with Gasteiger partial charge in [-0.05, 0) is 42.7 Å². The van der Waals surface area contributed by atoms with Crippen LogP contribution in [0.15, 0.2) is 60.9 Å². The number of para-hydroxylation sites is 1. The quantitative estimate of drug-likeness (QED) is 0.504. The Morgan fingerprint density at radius 2 is 1.79 bits per heavy atom. The third kappa shape index (κ3) is 5.00. The van der Waals surface area contributed by atoms with Crippen molar-refractivity contribution in [2.24, 2.45) is 7.05 Å². The number of imidazole rings is 1. The number of rotatable bonds is 7. The number of halogens is 3. The molecule has 2 aromatic carbocycles. The molecule has 1 aromatic heterocycles. The smallest absolute Gasteiger partial charge is 0.355 e. The molecule has 1 saturated carbocycles. The first kappa shape index (κ1) is 22.4. The van der Waals surface area contributed by atoms with Crippen molar-refractivity contribution in [3.8, 4) is 0 Å². The van der Waals surface area contributed by atoms with Gasteiger partial charge in [-0.1, -0.05) is 24.3 Å². The van der Waals surface area contributed by atoms with Crippen molar-refractivity contribution in [2.45, 2.75) is 31.1 Å². The van der Waals surface area contributed by atoms with Gasteiger partial charge in [0.1, 0.15) is 5.54 Å². The Hall–Kier alpha value is -3.82. The van der Waals surface area contributed by atoms with Gasteiger partial charge in [-0.3, -0.25) is 9.59 Å². The number of aryl methyl sites for hydroxylation is 1. The van der Waals surface area contributed by atoms with Crippen LogP contribution in [-0.4, -0.2) is 26.9 Å². The summed E-state index contributed by atoms with van der Waals surface area (Å²) in [6.07, 6.45) is -0.227. The van der Waals surface area contributed by atoms with Gasteiger partial charge in [0, 0.05) is 31.7 Å². The van der Waals surface area contributed by atoms with Crippen LogP contribution in [0.2, 0.25) is 0 Å². The second-order valence-electron chi connectivity index (χ2n) is 7.95. The van der Waals surface area contributed by atoms with Crippen molar-refractivity contribution >= 4 is 23.2 Å². The first-order valence-electron chi connectivity index (χ1n) is 10.3. The number of nitrogens with zero attached hydrogens (tertiary/aromatic N) is 2. The van der Waals surface area contributed by atoms with E-state index in [2.05, 4.69) is 20.9 Å². The predicted octanol–water partition coefficient (Wildman–Crippen LogP) is 3.76. The Kier molecular flexibility index (Phi) is 5.84. The lowest BCUT2D eigenvalue weighted by atomic mass is 10.1. The van der Waals surface area contributed by atoms with Crippen molar-refractivity contribution in [3.63, 3.8) is 0 Å². The topological polar surface area (TPSA) is 88.0 Å². The Morgan fingerprint density at radius 1 is 1.09 bits per heavy atom. The summed E-state index contributed by atoms with van der Waals surface area (Å²) in [4.78, 5) is 29.0. The van der Waals surface area contributed by atoms with Crippen LogP contribution in [0.5, 0.6) is 0 Å². The minimum Gasteiger partial charge on any atom is -0.355 e. The molecule has 3 aromatic rings. The van der Waals surface area contributed by atoms with Gasteiger partial charge in [0.25, 0.3) is 5.91 Å². The third-order valence-corrected chi connectivity index (χ3v) is 5.48. The molecule has 1 aliphatic carbocycles. The van der Waals surface area contributed by atoms with Crippen LogP contribution < -0.4 is 16.0 Å². The maximum absolute atomic E-state index is 13.2. The minimum absolute atomic E-state index is 0.0369. The van der Waals surface area contributed by atoms with E-state index in [1.165, 1.54) is 24.4 Å². The van der Waals surface area contributed by atoms with Gasteiger partial charge in [-0.2, -0.15) is 13.2 Å². The molecule has 0 unspecified atom stereocenters. The van der Waals surface area contributed by atoms with E-state index >= 15 is 0 Å². The molecule has 2 amide bonds. The standard InChI is InChI=1S/C23H22F3N5O2/c1-31-13-12-27-19(31)20(32)30-22(10-11-22)21(33)28-14-15-6-8-16(9-7-15)29-18-5-3-2-4-17(18)23(24,25)26/h2-9,12-13,29H,10-11,14H2,1H3,(H,28,33)(H,30,32). The fraction of sp³-hybridized carbons (Fsp3) is 0.261. The summed E-state index contributed by atoms with van der Waals surface area (Å²) in [6.45, 7) is 0.221. The van der Waals surface area contributed by atoms with Crippen molar-refractivity contribution in [3.05, 3.63) is 77.9 Å². The normalized spacial score (nSPS) is 14.4. The van der Waals surface area contributed by atoms with E-state index in [-0.39, 0.29) is 24.0 Å². The molecule has 3 N–H and O–H groups in total. The van der Waals surface area contributed by atoms with E-state index in [0.717, 1.165) is 11.6 Å². The first-order chi connectivity index (χ1) is 15.7. The monoisotopic (exact) mass is 457 g/mol. The summed E-state index contributed by atoms with van der Waals surface area (Å²) in [6, 6.07) is 12.0. The van der Waals surface area contributed by atoms with E-state index in [1.54, 1.807) is 42.1 Å². The lowest BCUT2D eigenvalue weighted by Crippen LogP contribution is -2.49. The van der Waals surface area contributed by atoms with Crippen LogP contribution in [0, 0.1) is 0 Å². The Balaban J connectivity index is 1.34. The number of anilines is 2. The van der Waals surface area contributed by atoms with Gasteiger partial charge in [-0.15, -0.1) is 0 Å². The van der Waals surface area contributed by atoms with Gasteiger partial charge >= 0.3 is 6.18 Å². The lowest BCUT2D eigenvalue weighted by molar-refractivity contribution is -0.137. The molecular weight excluding hydrogens is 435 g/mol. The number of alkyl halides is 3. The molecule has 0 atom stereocenters. The van der Waals surface area contributed by atoms with Gasteiger partial charge in [0.15, 0.2) is 5.82 Å². The van der Waals surface area contributed by atoms with Gasteiger partial charge in [-0.25, -0.2) is 4.98 Å². The summed E-state index contributed by atoms with van der Waals surface area (Å²) in [5, 5.41) is 8.36. The fourth-order valence-electron chi connectivity index (χ4n) is 3.44. The van der Waals surface area contributed by atoms with Gasteiger partial charge in [0.2, 0.25) is 5.91 Å². The molecule has 1 aliphatic rings. The molecule has 0 spiro atoms. The summed E-state index contributed by atoms with van der Waals surface area (Å²) >= 11 is 0. The van der Waals surface area contributed by atoms with E-state index < -0.39 is 23.2 Å². The molecular formula is C23H22F3N5O2. The number of hydrogen-bond donors (Lipinski definition) is 3. The second-order valence-corrected chi connectivity index (χ2v) is 7.95. The van der Waals surface area contributed by atoms with E-state index in [0.29, 0.717) is 18.5 Å². The Bertz CT molecular complexity index is 1170. The molecule has 0 saturated heterocycles. The summed E-state index contributed by atoms with van der Waals surface area (Å²) in [7, 11) is 1.70. The molecule has 33 heavy (non-hydrogen) atoms. The van der Waals surface area contributed by atoms with E-state index in [4.69, 9.17) is 0 Å². The average Bonchev–Trinajstić information content (AvgIpc) is 3.43. The number of carbonyl (C=O) groups is 2. The summed E-state index contributed by atoms with van der Waals surface area (Å²) in [5.41, 5.74) is -0.466. The predicted molar refractivity (Wildman–Crippen MR) is 116 cm³/mol. The Labute approximate surface area is 188 Å². The number of hydrogen-bond acceptors (Lipinski definition) is 4. The molecule has 0 aliphatic heterocycles. The number of amides is 2. The zero-order chi connectivity index (χ0) is 23.6. The van der Waals surface area contributed by atoms with Gasteiger partial charge in [0.05, 0.1) is 11.3 Å². The zero-order valence-electron chi connectivity index (χ0n) is 17.7. The highest BCUT2D eigenvalue weighted by molar-refractivity contribution is 5.98. The highest BCUT2D eigenvalue weighted by Crippen LogP contribution is 2.37. The maximum atomic E-state index is 13.2. The molecule has 1 fully saturated rings. The molecule has 7 nitrogen and oxygen atoms in total. The largest absolute Gasteiger partial charge is 0.418 e. The molecule has 1 heterocycles. The number of nitrogens with one attached hydrogen (secondary N) is 3. The molecule has 172 valence electrons. The lowest BCUT2D eigenvalue weighted by Gasteiger charge is -2.17. The third-order valence-electron chi connectivity index (χ3n) is 5.48. The van der Waals surface area contributed by atoms with Crippen LogP contribution in [-0.2, 0) is 24.6 Å². The van der Waals surface area contributed by atoms with Crippen LogP contribution in [0.25, 0.3) is 0 Å². The second kappa shape index (κ2) is 8.61. The van der Waals surface area contributed by atoms with Crippen LogP contribution >= 0.6 is 0 Å². The summed E-state index contributed by atoms with van der Waals surface area (Å²) in [5.74, 6) is -0.472. The average molecular weight is 457 g/mol. The Morgan fingerprint density at radius 3 is 2.39 bits per heavy atom. The van der Waals surface area contributed by atoms with Crippen molar-refractivity contribution in [2.75, 3.05) is 5.32 Å². The first-order valence-corrected chi connectivity index (χ1v) is 10.3. The molecule has 0 radical (unpaired) electrons. The highest BCUT2D eigenvalue weighted by atomic mass is 19.4. The SMILES string of the molecule is Cn1ccnc1C(=O)NC1(C(=O)NCc2ccc(Nc3ccccc3C(F)(F)F)cc2)CC1. The van der Waals surface area contributed by atoms with Gasteiger partial charge < -0.3 is 20.5 Å². The van der Waals surface area contributed by atoms with Crippen molar-refractivity contribution < 1.29 is 22.8 Å². The van der Waals surface area contributed by atoms with Crippen LogP contribution in [0.1, 0.15) is 34.6 Å². The molecule has 0 bridgehead atoms.